The maximum absolute atomic E-state index is 12.3. The smallest absolute Gasteiger partial charge is 0.242 e. The second-order valence-corrected chi connectivity index (χ2v) is 5.28. The van der Waals surface area contributed by atoms with Crippen LogP contribution >= 0.6 is 0 Å². The van der Waals surface area contributed by atoms with Crippen molar-refractivity contribution >= 4 is 17.3 Å². The lowest BCUT2D eigenvalue weighted by Crippen LogP contribution is -2.48. The minimum Gasteiger partial charge on any atom is -0.399 e. The van der Waals surface area contributed by atoms with Gasteiger partial charge in [0.2, 0.25) is 5.91 Å². The highest BCUT2D eigenvalue weighted by molar-refractivity contribution is 5.85. The molecule has 0 aliphatic rings. The number of nitrogen functional groups attached to an aromatic ring is 1. The molecule has 0 aromatic heterocycles. The molecule has 0 spiro atoms. The molecule has 4 nitrogen and oxygen atoms in total. The van der Waals surface area contributed by atoms with Gasteiger partial charge in [-0.2, -0.15) is 0 Å². The first kappa shape index (κ1) is 16.3. The molecular formula is C16H27N3O. The van der Waals surface area contributed by atoms with E-state index < -0.39 is 0 Å². The summed E-state index contributed by atoms with van der Waals surface area (Å²) in [6, 6.07) is 7.70. The lowest BCUT2D eigenvalue weighted by Gasteiger charge is -2.31. The number of anilines is 2. The largest absolute Gasteiger partial charge is 0.399 e. The maximum atomic E-state index is 12.3. The van der Waals surface area contributed by atoms with Crippen molar-refractivity contribution in [2.45, 2.75) is 52.6 Å². The van der Waals surface area contributed by atoms with Crippen molar-refractivity contribution < 1.29 is 4.79 Å². The maximum Gasteiger partial charge on any atom is 0.242 e. The number of hydrogen-bond acceptors (Lipinski definition) is 3. The van der Waals surface area contributed by atoms with Crippen molar-refractivity contribution in [2.75, 3.05) is 17.2 Å². The number of amides is 1. The zero-order chi connectivity index (χ0) is 15.1. The molecule has 2 unspecified atom stereocenters. The Morgan fingerprint density at radius 2 is 2.05 bits per heavy atom. The average molecular weight is 277 g/mol. The predicted molar refractivity (Wildman–Crippen MR) is 85.8 cm³/mol. The Morgan fingerprint density at radius 3 is 2.60 bits per heavy atom. The van der Waals surface area contributed by atoms with E-state index in [1.165, 1.54) is 0 Å². The molecule has 0 saturated heterocycles. The first-order chi connectivity index (χ1) is 9.49. The average Bonchev–Trinajstić information content (AvgIpc) is 2.43. The number of benzene rings is 1. The standard InChI is InChI=1S/C16H27N3O/c1-5-10-19(15-9-7-8-14(17)11-15)13(4)16(20)18-12(3)6-2/h7-9,11-13H,5-6,10,17H2,1-4H3,(H,18,20). The van der Waals surface area contributed by atoms with Crippen LogP contribution in [0.2, 0.25) is 0 Å². The van der Waals surface area contributed by atoms with Crippen LogP contribution in [0.1, 0.15) is 40.5 Å². The molecule has 0 heterocycles. The van der Waals surface area contributed by atoms with E-state index >= 15 is 0 Å². The Bertz CT molecular complexity index is 433. The topological polar surface area (TPSA) is 58.4 Å². The molecule has 112 valence electrons. The third-order valence-corrected chi connectivity index (χ3v) is 3.51. The molecule has 3 N–H and O–H groups in total. The summed E-state index contributed by atoms with van der Waals surface area (Å²) < 4.78 is 0. The van der Waals surface area contributed by atoms with Gasteiger partial charge in [-0.25, -0.2) is 0 Å². The highest BCUT2D eigenvalue weighted by Gasteiger charge is 2.22. The van der Waals surface area contributed by atoms with Crippen LogP contribution < -0.4 is 16.0 Å². The molecule has 2 atom stereocenters. The minimum atomic E-state index is -0.203. The van der Waals surface area contributed by atoms with E-state index in [-0.39, 0.29) is 18.0 Å². The van der Waals surface area contributed by atoms with Crippen LogP contribution in [0, 0.1) is 0 Å². The zero-order valence-electron chi connectivity index (χ0n) is 13.0. The van der Waals surface area contributed by atoms with Gasteiger partial charge < -0.3 is 16.0 Å². The van der Waals surface area contributed by atoms with Gasteiger partial charge in [0.05, 0.1) is 0 Å². The van der Waals surface area contributed by atoms with E-state index in [2.05, 4.69) is 24.1 Å². The van der Waals surface area contributed by atoms with Crippen molar-refractivity contribution in [2.24, 2.45) is 0 Å². The molecule has 4 heteroatoms. The number of carbonyl (C=O) groups excluding carboxylic acids is 1. The molecule has 1 amide bonds. The van der Waals surface area contributed by atoms with Crippen LogP contribution in [0.3, 0.4) is 0 Å². The predicted octanol–water partition coefficient (Wildman–Crippen LogP) is 2.79. The van der Waals surface area contributed by atoms with Crippen LogP contribution in [0.5, 0.6) is 0 Å². The molecule has 0 fully saturated rings. The van der Waals surface area contributed by atoms with Gasteiger partial charge in [-0.3, -0.25) is 4.79 Å². The van der Waals surface area contributed by atoms with Gasteiger partial charge in [-0.15, -0.1) is 0 Å². The van der Waals surface area contributed by atoms with Crippen LogP contribution in [-0.4, -0.2) is 24.5 Å². The summed E-state index contributed by atoms with van der Waals surface area (Å²) in [7, 11) is 0. The fourth-order valence-corrected chi connectivity index (χ4v) is 2.10. The second kappa shape index (κ2) is 7.78. The Kier molecular flexibility index (Phi) is 6.36. The summed E-state index contributed by atoms with van der Waals surface area (Å²) in [5.74, 6) is 0.0650. The number of rotatable bonds is 7. The summed E-state index contributed by atoms with van der Waals surface area (Å²) >= 11 is 0. The third kappa shape index (κ3) is 4.44. The van der Waals surface area contributed by atoms with Crippen LogP contribution in [0.25, 0.3) is 0 Å². The number of nitrogens with zero attached hydrogens (tertiary/aromatic N) is 1. The number of nitrogens with two attached hydrogens (primary N) is 1. The molecule has 1 aromatic rings. The van der Waals surface area contributed by atoms with E-state index in [0.717, 1.165) is 30.8 Å². The molecular weight excluding hydrogens is 250 g/mol. The molecule has 1 rings (SSSR count). The summed E-state index contributed by atoms with van der Waals surface area (Å²) in [5, 5.41) is 3.04. The molecule has 0 saturated carbocycles. The van der Waals surface area contributed by atoms with Gasteiger partial charge >= 0.3 is 0 Å². The Morgan fingerprint density at radius 1 is 1.35 bits per heavy atom. The lowest BCUT2D eigenvalue weighted by atomic mass is 10.1. The van der Waals surface area contributed by atoms with E-state index in [4.69, 9.17) is 5.73 Å². The SMILES string of the molecule is CCCN(c1cccc(N)c1)C(C)C(=O)NC(C)CC. The third-order valence-electron chi connectivity index (χ3n) is 3.51. The van der Waals surface area contributed by atoms with Gasteiger partial charge in [0.1, 0.15) is 6.04 Å². The monoisotopic (exact) mass is 277 g/mol. The van der Waals surface area contributed by atoms with Crippen LogP contribution in [0.4, 0.5) is 11.4 Å². The number of carbonyl (C=O) groups is 1. The van der Waals surface area contributed by atoms with Crippen molar-refractivity contribution in [3.63, 3.8) is 0 Å². The van der Waals surface area contributed by atoms with Gasteiger partial charge in [0.15, 0.2) is 0 Å². The van der Waals surface area contributed by atoms with Crippen LogP contribution in [0.15, 0.2) is 24.3 Å². The molecule has 0 radical (unpaired) electrons. The summed E-state index contributed by atoms with van der Waals surface area (Å²) in [6.45, 7) is 8.97. The highest BCUT2D eigenvalue weighted by Crippen LogP contribution is 2.20. The second-order valence-electron chi connectivity index (χ2n) is 5.28. The van der Waals surface area contributed by atoms with Gasteiger partial charge in [-0.05, 0) is 44.9 Å². The molecule has 1 aromatic carbocycles. The fraction of sp³-hybridized carbons (Fsp3) is 0.562. The molecule has 0 bridgehead atoms. The van der Waals surface area contributed by atoms with Crippen molar-refractivity contribution in [1.82, 2.24) is 5.32 Å². The van der Waals surface area contributed by atoms with E-state index in [1.54, 1.807) is 0 Å². The van der Waals surface area contributed by atoms with E-state index in [1.807, 2.05) is 38.1 Å². The molecule has 20 heavy (non-hydrogen) atoms. The lowest BCUT2D eigenvalue weighted by molar-refractivity contribution is -0.122. The Balaban J connectivity index is 2.87. The molecule has 0 aliphatic heterocycles. The first-order valence-corrected chi connectivity index (χ1v) is 7.42. The van der Waals surface area contributed by atoms with Crippen molar-refractivity contribution in [1.29, 1.82) is 0 Å². The highest BCUT2D eigenvalue weighted by atomic mass is 16.2. The van der Waals surface area contributed by atoms with Gasteiger partial charge in [0, 0.05) is 24.0 Å². The van der Waals surface area contributed by atoms with Crippen LogP contribution in [-0.2, 0) is 4.79 Å². The van der Waals surface area contributed by atoms with Crippen molar-refractivity contribution in [3.8, 4) is 0 Å². The quantitative estimate of drug-likeness (QED) is 0.753. The Labute approximate surface area is 122 Å². The summed E-state index contributed by atoms with van der Waals surface area (Å²) in [4.78, 5) is 14.4. The van der Waals surface area contributed by atoms with Crippen molar-refractivity contribution in [3.05, 3.63) is 24.3 Å². The summed E-state index contributed by atoms with van der Waals surface area (Å²) in [6.07, 6.45) is 1.92. The van der Waals surface area contributed by atoms with Gasteiger partial charge in [-0.1, -0.05) is 19.9 Å². The van der Waals surface area contributed by atoms with E-state index in [0.29, 0.717) is 0 Å². The fourth-order valence-electron chi connectivity index (χ4n) is 2.10. The number of nitrogens with one attached hydrogen (secondary N) is 1. The normalized spacial score (nSPS) is 13.6. The molecule has 0 aliphatic carbocycles. The minimum absolute atomic E-state index is 0.0650. The first-order valence-electron chi connectivity index (χ1n) is 7.42. The summed E-state index contributed by atoms with van der Waals surface area (Å²) in [5.41, 5.74) is 7.56. The van der Waals surface area contributed by atoms with Gasteiger partial charge in [0.25, 0.3) is 0 Å². The zero-order valence-corrected chi connectivity index (χ0v) is 13.0. The Hall–Kier alpha value is -1.71. The van der Waals surface area contributed by atoms with E-state index in [9.17, 15) is 4.79 Å². The number of hydrogen-bond donors (Lipinski definition) is 2.